The molecule has 0 spiro atoms. The third-order valence-corrected chi connectivity index (χ3v) is 5.41. The number of aromatic nitrogens is 1. The molecule has 2 aliphatic rings. The lowest BCUT2D eigenvalue weighted by Crippen LogP contribution is -2.48. The number of nitrogens with zero attached hydrogens (tertiary/aromatic N) is 3. The van der Waals surface area contributed by atoms with Gasteiger partial charge in [-0.1, -0.05) is 6.92 Å². The molecule has 2 unspecified atom stereocenters. The third kappa shape index (κ3) is 2.40. The van der Waals surface area contributed by atoms with Crippen molar-refractivity contribution in [2.24, 2.45) is 10.9 Å². The van der Waals surface area contributed by atoms with Gasteiger partial charge in [0, 0.05) is 6.54 Å². The second-order valence-corrected chi connectivity index (χ2v) is 6.84. The van der Waals surface area contributed by atoms with Crippen molar-refractivity contribution in [1.29, 1.82) is 0 Å². The maximum Gasteiger partial charge on any atom is 0.194 e. The molecule has 3 rings (SSSR count). The fraction of sp³-hybridized carbons (Fsp3) is 0.667. The van der Waals surface area contributed by atoms with E-state index >= 15 is 0 Å². The molecule has 0 bridgehead atoms. The summed E-state index contributed by atoms with van der Waals surface area (Å²) in [6.07, 6.45) is 4.47. The minimum absolute atomic E-state index is 0.633. The van der Waals surface area contributed by atoms with Crippen molar-refractivity contribution in [3.8, 4) is 0 Å². The average molecular weight is 329 g/mol. The number of fused-ring (bicyclic) bond motifs is 1. The van der Waals surface area contributed by atoms with E-state index in [1.54, 1.807) is 0 Å². The molecule has 1 saturated heterocycles. The van der Waals surface area contributed by atoms with E-state index < -0.39 is 0 Å². The molecule has 1 aromatic heterocycles. The first-order chi connectivity index (χ1) is 8.74. The number of guanidine groups is 1. The first-order valence-corrected chi connectivity index (χ1v) is 7.94. The van der Waals surface area contributed by atoms with Crippen LogP contribution in [0.15, 0.2) is 15.7 Å². The monoisotopic (exact) mass is 328 g/mol. The largest absolute Gasteiger partial charge is 0.351 e. The molecule has 0 aliphatic carbocycles. The van der Waals surface area contributed by atoms with Crippen LogP contribution in [0.25, 0.3) is 0 Å². The number of hydrogen-bond acceptors (Lipinski definition) is 5. The van der Waals surface area contributed by atoms with Crippen LogP contribution in [-0.2, 0) is 6.54 Å². The van der Waals surface area contributed by atoms with Crippen molar-refractivity contribution in [3.05, 3.63) is 15.5 Å². The minimum atomic E-state index is 0.633. The van der Waals surface area contributed by atoms with E-state index in [4.69, 9.17) is 0 Å². The van der Waals surface area contributed by atoms with Crippen LogP contribution in [0.5, 0.6) is 0 Å². The summed E-state index contributed by atoms with van der Waals surface area (Å²) in [6, 6.07) is 0.633. The van der Waals surface area contributed by atoms with Crippen LogP contribution in [0.4, 0.5) is 0 Å². The van der Waals surface area contributed by atoms with Gasteiger partial charge in [-0.2, -0.15) is 4.37 Å². The molecule has 18 heavy (non-hydrogen) atoms. The van der Waals surface area contributed by atoms with E-state index in [1.165, 1.54) is 29.3 Å². The maximum absolute atomic E-state index is 4.64. The van der Waals surface area contributed by atoms with E-state index in [0.717, 1.165) is 36.0 Å². The lowest BCUT2D eigenvalue weighted by molar-refractivity contribution is 0.211. The number of hydrogen-bond donors (Lipinski definition) is 1. The Hall–Kier alpha value is -0.620. The molecule has 1 aromatic rings. The zero-order valence-corrected chi connectivity index (χ0v) is 12.8. The number of nitrogens with one attached hydrogen (secondary N) is 1. The fourth-order valence-corrected chi connectivity index (χ4v) is 3.78. The first kappa shape index (κ1) is 12.4. The van der Waals surface area contributed by atoms with Gasteiger partial charge in [-0.05, 0) is 46.2 Å². The van der Waals surface area contributed by atoms with Gasteiger partial charge in [-0.3, -0.25) is 4.99 Å². The number of halogens is 1. The normalized spacial score (nSPS) is 27.0. The van der Waals surface area contributed by atoms with E-state index in [2.05, 4.69) is 42.4 Å². The van der Waals surface area contributed by atoms with Gasteiger partial charge in [0.15, 0.2) is 5.96 Å². The first-order valence-electron chi connectivity index (χ1n) is 6.38. The van der Waals surface area contributed by atoms with Crippen molar-refractivity contribution in [2.75, 3.05) is 13.1 Å². The van der Waals surface area contributed by atoms with Crippen LogP contribution in [0.1, 0.15) is 24.6 Å². The molecule has 3 heterocycles. The molecule has 0 radical (unpaired) electrons. The van der Waals surface area contributed by atoms with Gasteiger partial charge >= 0.3 is 0 Å². The number of rotatable bonds is 2. The predicted octanol–water partition coefficient (Wildman–Crippen LogP) is 2.47. The molecule has 0 amide bonds. The highest BCUT2D eigenvalue weighted by molar-refractivity contribution is 9.10. The van der Waals surface area contributed by atoms with Gasteiger partial charge in [0.2, 0.25) is 0 Å². The number of piperidine rings is 1. The lowest BCUT2D eigenvalue weighted by atomic mass is 9.95. The van der Waals surface area contributed by atoms with Crippen molar-refractivity contribution >= 4 is 33.4 Å². The molecule has 2 atom stereocenters. The fourth-order valence-electron chi connectivity index (χ4n) is 2.63. The van der Waals surface area contributed by atoms with Gasteiger partial charge in [-0.25, -0.2) is 0 Å². The Morgan fingerprint density at radius 2 is 2.44 bits per heavy atom. The zero-order chi connectivity index (χ0) is 12.5. The maximum atomic E-state index is 4.64. The van der Waals surface area contributed by atoms with Gasteiger partial charge in [0.1, 0.15) is 0 Å². The summed E-state index contributed by atoms with van der Waals surface area (Å²) in [7, 11) is 0. The van der Waals surface area contributed by atoms with Crippen LogP contribution < -0.4 is 5.32 Å². The van der Waals surface area contributed by atoms with Gasteiger partial charge in [-0.15, -0.1) is 0 Å². The Morgan fingerprint density at radius 3 is 3.22 bits per heavy atom. The molecule has 0 aromatic carbocycles. The summed E-state index contributed by atoms with van der Waals surface area (Å²) in [4.78, 5) is 8.32. The van der Waals surface area contributed by atoms with Crippen molar-refractivity contribution < 1.29 is 0 Å². The Labute approximate surface area is 120 Å². The average Bonchev–Trinajstić information content (AvgIpc) is 2.93. The van der Waals surface area contributed by atoms with Crippen molar-refractivity contribution in [3.63, 3.8) is 0 Å². The highest BCUT2D eigenvalue weighted by Crippen LogP contribution is 2.26. The van der Waals surface area contributed by atoms with E-state index in [-0.39, 0.29) is 0 Å². The summed E-state index contributed by atoms with van der Waals surface area (Å²) in [5.74, 6) is 1.85. The molecular formula is C12H17BrN4S. The SMILES string of the molecule is CC1CCC2CN=C(NCc3sncc3Br)N2C1. The van der Waals surface area contributed by atoms with Crippen molar-refractivity contribution in [2.45, 2.75) is 32.4 Å². The molecule has 98 valence electrons. The second-order valence-electron chi connectivity index (χ2n) is 5.10. The molecular weight excluding hydrogens is 312 g/mol. The summed E-state index contributed by atoms with van der Waals surface area (Å²) in [6.45, 7) is 5.23. The predicted molar refractivity (Wildman–Crippen MR) is 77.8 cm³/mol. The van der Waals surface area contributed by atoms with E-state index in [9.17, 15) is 0 Å². The topological polar surface area (TPSA) is 40.5 Å². The smallest absolute Gasteiger partial charge is 0.194 e. The molecule has 2 aliphatic heterocycles. The van der Waals surface area contributed by atoms with Crippen LogP contribution in [0, 0.1) is 5.92 Å². The van der Waals surface area contributed by atoms with Crippen LogP contribution >= 0.6 is 27.5 Å². The minimum Gasteiger partial charge on any atom is -0.351 e. The standard InChI is InChI=1S/C12H17BrN4S/c1-8-2-3-9-4-14-12(17(9)7-8)15-6-11-10(13)5-16-18-11/h5,8-9H,2-4,6-7H2,1H3,(H,14,15). The highest BCUT2D eigenvalue weighted by atomic mass is 79.9. The van der Waals surface area contributed by atoms with Gasteiger partial charge in [0.05, 0.1) is 34.7 Å². The van der Waals surface area contributed by atoms with Crippen molar-refractivity contribution in [1.82, 2.24) is 14.6 Å². The zero-order valence-electron chi connectivity index (χ0n) is 10.4. The summed E-state index contributed by atoms with van der Waals surface area (Å²) < 4.78 is 5.25. The Kier molecular flexibility index (Phi) is 3.56. The molecule has 1 N–H and O–H groups in total. The van der Waals surface area contributed by atoms with Gasteiger partial charge in [0.25, 0.3) is 0 Å². The highest BCUT2D eigenvalue weighted by Gasteiger charge is 2.32. The summed E-state index contributed by atoms with van der Waals surface area (Å²) in [5.41, 5.74) is 0. The van der Waals surface area contributed by atoms with Crippen LogP contribution in [0.2, 0.25) is 0 Å². The quantitative estimate of drug-likeness (QED) is 0.906. The lowest BCUT2D eigenvalue weighted by Gasteiger charge is -2.35. The summed E-state index contributed by atoms with van der Waals surface area (Å²) in [5, 5.41) is 3.46. The molecule has 0 saturated carbocycles. The Balaban J connectivity index is 1.61. The molecule has 1 fully saturated rings. The molecule has 6 heteroatoms. The second kappa shape index (κ2) is 5.17. The Morgan fingerprint density at radius 1 is 1.56 bits per heavy atom. The Bertz CT molecular complexity index is 459. The molecule has 4 nitrogen and oxygen atoms in total. The van der Waals surface area contributed by atoms with E-state index in [0.29, 0.717) is 6.04 Å². The van der Waals surface area contributed by atoms with Crippen LogP contribution in [-0.4, -0.2) is 34.4 Å². The third-order valence-electron chi connectivity index (χ3n) is 3.67. The summed E-state index contributed by atoms with van der Waals surface area (Å²) >= 11 is 5.04. The van der Waals surface area contributed by atoms with Crippen LogP contribution in [0.3, 0.4) is 0 Å². The van der Waals surface area contributed by atoms with Gasteiger partial charge < -0.3 is 10.2 Å². The van der Waals surface area contributed by atoms with E-state index in [1.807, 2.05) is 6.20 Å². The number of aliphatic imine (C=N–C) groups is 1.